The van der Waals surface area contributed by atoms with Gasteiger partial charge in [0, 0.05) is 36.1 Å². The van der Waals surface area contributed by atoms with Gasteiger partial charge in [-0.05, 0) is 62.1 Å². The number of benzene rings is 2. The molecule has 6 rings (SSSR count). The van der Waals surface area contributed by atoms with Crippen molar-refractivity contribution in [1.82, 2.24) is 35.0 Å². The Morgan fingerprint density at radius 2 is 1.76 bits per heavy atom. The van der Waals surface area contributed by atoms with E-state index in [0.29, 0.717) is 40.5 Å². The van der Waals surface area contributed by atoms with Crippen molar-refractivity contribution in [3.8, 4) is 39.7 Å². The number of pyridine rings is 2. The van der Waals surface area contributed by atoms with Crippen LogP contribution in [0, 0.1) is 5.82 Å². The molecule has 0 atom stereocenters. The number of likely N-dealkylation sites (N-methyl/N-ethyl adjacent to an activating group) is 1. The molecular formula is C28H24FN7O. The summed E-state index contributed by atoms with van der Waals surface area (Å²) in [5.41, 5.74) is 6.91. The molecular weight excluding hydrogens is 469 g/mol. The fourth-order valence-electron chi connectivity index (χ4n) is 4.27. The van der Waals surface area contributed by atoms with Crippen molar-refractivity contribution in [3.63, 3.8) is 0 Å². The third-order valence-corrected chi connectivity index (χ3v) is 6.11. The van der Waals surface area contributed by atoms with Crippen LogP contribution in [0.5, 0.6) is 5.75 Å². The van der Waals surface area contributed by atoms with E-state index in [1.54, 1.807) is 12.4 Å². The molecule has 2 N–H and O–H groups in total. The average molecular weight is 494 g/mol. The molecule has 8 nitrogen and oxygen atoms in total. The fourth-order valence-corrected chi connectivity index (χ4v) is 4.27. The monoisotopic (exact) mass is 493 g/mol. The molecule has 0 unspecified atom stereocenters. The molecule has 0 amide bonds. The van der Waals surface area contributed by atoms with Crippen molar-refractivity contribution >= 4 is 22.1 Å². The largest absolute Gasteiger partial charge is 0.492 e. The summed E-state index contributed by atoms with van der Waals surface area (Å²) in [6, 6.07) is 18.2. The number of fused-ring (bicyclic) bond motifs is 2. The van der Waals surface area contributed by atoms with Gasteiger partial charge in [0.25, 0.3) is 0 Å². The van der Waals surface area contributed by atoms with Gasteiger partial charge >= 0.3 is 0 Å². The molecule has 0 bridgehead atoms. The van der Waals surface area contributed by atoms with Crippen molar-refractivity contribution < 1.29 is 9.13 Å². The summed E-state index contributed by atoms with van der Waals surface area (Å²) in [5, 5.41) is 7.54. The number of rotatable bonds is 7. The summed E-state index contributed by atoms with van der Waals surface area (Å²) in [6.45, 7) is 1.20. The van der Waals surface area contributed by atoms with Crippen LogP contribution in [0.1, 0.15) is 0 Å². The number of halogens is 1. The fraction of sp³-hybridized carbons (Fsp3) is 0.143. The number of nitrogens with one attached hydrogen (secondary N) is 2. The molecule has 9 heteroatoms. The van der Waals surface area contributed by atoms with Gasteiger partial charge in [-0.2, -0.15) is 5.10 Å². The Bertz CT molecular complexity index is 1710. The first-order chi connectivity index (χ1) is 18.0. The number of hydrogen-bond donors (Lipinski definition) is 2. The van der Waals surface area contributed by atoms with E-state index in [1.165, 1.54) is 12.1 Å². The van der Waals surface area contributed by atoms with Crippen LogP contribution in [0.2, 0.25) is 0 Å². The molecule has 0 aliphatic rings. The molecule has 4 heterocycles. The molecule has 2 aromatic carbocycles. The van der Waals surface area contributed by atoms with E-state index in [9.17, 15) is 4.39 Å². The van der Waals surface area contributed by atoms with Crippen molar-refractivity contribution in [2.24, 2.45) is 0 Å². The van der Waals surface area contributed by atoms with Crippen LogP contribution in [0.4, 0.5) is 4.39 Å². The minimum Gasteiger partial charge on any atom is -0.492 e. The zero-order valence-electron chi connectivity index (χ0n) is 20.4. The summed E-state index contributed by atoms with van der Waals surface area (Å²) in [6.07, 6.45) is 3.48. The molecule has 0 saturated carbocycles. The maximum atomic E-state index is 14.5. The van der Waals surface area contributed by atoms with E-state index >= 15 is 0 Å². The molecule has 37 heavy (non-hydrogen) atoms. The highest BCUT2D eigenvalue weighted by Gasteiger charge is 2.17. The summed E-state index contributed by atoms with van der Waals surface area (Å²) < 4.78 is 20.3. The molecule has 0 spiro atoms. The van der Waals surface area contributed by atoms with Gasteiger partial charge in [-0.15, -0.1) is 0 Å². The van der Waals surface area contributed by atoms with Crippen molar-refractivity contribution in [2.75, 3.05) is 27.2 Å². The Morgan fingerprint density at radius 3 is 2.59 bits per heavy atom. The molecule has 0 aliphatic heterocycles. The van der Waals surface area contributed by atoms with Gasteiger partial charge < -0.3 is 14.6 Å². The summed E-state index contributed by atoms with van der Waals surface area (Å²) in [7, 11) is 3.93. The number of nitrogens with zero attached hydrogens (tertiary/aromatic N) is 5. The van der Waals surface area contributed by atoms with Crippen LogP contribution in [0.3, 0.4) is 0 Å². The number of hydrogen-bond acceptors (Lipinski definition) is 6. The van der Waals surface area contributed by atoms with E-state index in [2.05, 4.69) is 20.2 Å². The normalized spacial score (nSPS) is 11.6. The number of ether oxygens (including phenoxy) is 1. The lowest BCUT2D eigenvalue weighted by atomic mass is 10.0. The lowest BCUT2D eigenvalue weighted by Gasteiger charge is -2.12. The SMILES string of the molecule is CN(C)CCOc1cc(F)cc(-c2cccc3[nH]c(-c4n[nH]c5ccc(-c6ccncc6)nc45)nc23)c1. The lowest BCUT2D eigenvalue weighted by molar-refractivity contribution is 0.260. The average Bonchev–Trinajstić information content (AvgIpc) is 3.52. The van der Waals surface area contributed by atoms with Gasteiger partial charge in [-0.25, -0.2) is 14.4 Å². The van der Waals surface area contributed by atoms with E-state index < -0.39 is 0 Å². The van der Waals surface area contributed by atoms with E-state index in [-0.39, 0.29) is 5.82 Å². The van der Waals surface area contributed by atoms with Gasteiger partial charge in [0.15, 0.2) is 11.5 Å². The van der Waals surface area contributed by atoms with Crippen LogP contribution in [0.15, 0.2) is 73.1 Å². The Hall–Kier alpha value is -4.63. The zero-order valence-corrected chi connectivity index (χ0v) is 20.4. The molecule has 184 valence electrons. The zero-order chi connectivity index (χ0) is 25.4. The Kier molecular flexibility index (Phi) is 5.82. The summed E-state index contributed by atoms with van der Waals surface area (Å²) in [4.78, 5) is 19.2. The van der Waals surface area contributed by atoms with E-state index in [0.717, 1.165) is 34.4 Å². The second-order valence-corrected chi connectivity index (χ2v) is 9.02. The smallest absolute Gasteiger partial charge is 0.161 e. The second-order valence-electron chi connectivity index (χ2n) is 9.02. The quantitative estimate of drug-likeness (QED) is 0.313. The van der Waals surface area contributed by atoms with Crippen molar-refractivity contribution in [2.45, 2.75) is 0 Å². The first-order valence-electron chi connectivity index (χ1n) is 11.9. The van der Waals surface area contributed by atoms with Gasteiger partial charge in [-0.3, -0.25) is 10.1 Å². The maximum Gasteiger partial charge on any atom is 0.161 e. The maximum absolute atomic E-state index is 14.5. The van der Waals surface area contributed by atoms with Crippen LogP contribution < -0.4 is 4.74 Å². The molecule has 0 aliphatic carbocycles. The Morgan fingerprint density at radius 1 is 0.892 bits per heavy atom. The molecule has 4 aromatic heterocycles. The highest BCUT2D eigenvalue weighted by atomic mass is 19.1. The Balaban J connectivity index is 1.41. The number of aromatic amines is 2. The number of para-hydroxylation sites is 1. The highest BCUT2D eigenvalue weighted by molar-refractivity contribution is 5.96. The number of imidazole rings is 1. The van der Waals surface area contributed by atoms with Crippen molar-refractivity contribution in [1.29, 1.82) is 0 Å². The minimum absolute atomic E-state index is 0.365. The van der Waals surface area contributed by atoms with Crippen LogP contribution >= 0.6 is 0 Å². The van der Waals surface area contributed by atoms with Gasteiger partial charge in [0.05, 0.1) is 22.2 Å². The standard InChI is InChI=1S/C28H24FN7O/c1-36(2)12-13-37-20-15-18(14-19(29)16-20)21-4-3-5-23-25(21)33-28(32-23)27-26-24(34-35-27)7-6-22(31-26)17-8-10-30-11-9-17/h3-11,14-16H,12-13H2,1-2H3,(H,32,33)(H,34,35). The number of aromatic nitrogens is 6. The third kappa shape index (κ3) is 4.52. The first-order valence-corrected chi connectivity index (χ1v) is 11.9. The minimum atomic E-state index is -0.365. The summed E-state index contributed by atoms with van der Waals surface area (Å²) >= 11 is 0. The van der Waals surface area contributed by atoms with Gasteiger partial charge in [0.1, 0.15) is 23.7 Å². The van der Waals surface area contributed by atoms with Gasteiger partial charge in [-0.1, -0.05) is 12.1 Å². The summed E-state index contributed by atoms with van der Waals surface area (Å²) in [5.74, 6) is 0.693. The molecule has 0 saturated heterocycles. The number of H-pyrrole nitrogens is 2. The third-order valence-electron chi connectivity index (χ3n) is 6.11. The molecule has 6 aromatic rings. The van der Waals surface area contributed by atoms with Crippen molar-refractivity contribution in [3.05, 3.63) is 78.9 Å². The predicted molar refractivity (Wildman–Crippen MR) is 142 cm³/mol. The van der Waals surface area contributed by atoms with Crippen LogP contribution in [-0.2, 0) is 0 Å². The topological polar surface area (TPSA) is 95.6 Å². The van der Waals surface area contributed by atoms with Crippen LogP contribution in [-0.4, -0.2) is 62.3 Å². The molecule has 0 radical (unpaired) electrons. The highest BCUT2D eigenvalue weighted by Crippen LogP contribution is 2.33. The predicted octanol–water partition coefficient (Wildman–Crippen LogP) is 5.31. The van der Waals surface area contributed by atoms with E-state index in [4.69, 9.17) is 14.7 Å². The first kappa shape index (κ1) is 22.8. The van der Waals surface area contributed by atoms with Gasteiger partial charge in [0.2, 0.25) is 0 Å². The second kappa shape index (κ2) is 9.44. The van der Waals surface area contributed by atoms with E-state index in [1.807, 2.05) is 67.5 Å². The van der Waals surface area contributed by atoms with Crippen LogP contribution in [0.25, 0.3) is 56.0 Å². The lowest BCUT2D eigenvalue weighted by Crippen LogP contribution is -2.19. The Labute approximate surface area is 212 Å². The molecule has 0 fully saturated rings.